The van der Waals surface area contributed by atoms with E-state index in [0.29, 0.717) is 6.07 Å². The fourth-order valence-electron chi connectivity index (χ4n) is 1.06. The maximum absolute atomic E-state index is 12.4. The molecule has 1 N–H and O–H groups in total. The maximum Gasteiger partial charge on any atom is 0.418 e. The smallest absolute Gasteiger partial charge is 0.390 e. The Hall–Kier alpha value is -0.510. The number of pyridine rings is 1. The Morgan fingerprint density at radius 2 is 1.94 bits per heavy atom. The van der Waals surface area contributed by atoms with Gasteiger partial charge in [-0.05, 0) is 28.7 Å². The minimum absolute atomic E-state index is 0.246. The van der Waals surface area contributed by atoms with Gasteiger partial charge in [-0.3, -0.25) is 0 Å². The molecule has 0 spiro atoms. The molecule has 1 aromatic rings. The molecule has 1 rings (SSSR count). The van der Waals surface area contributed by atoms with Gasteiger partial charge in [0.25, 0.3) is 6.43 Å². The van der Waals surface area contributed by atoms with Crippen LogP contribution < -0.4 is 0 Å². The van der Waals surface area contributed by atoms with Crippen LogP contribution in [0.1, 0.15) is 23.2 Å². The summed E-state index contributed by atoms with van der Waals surface area (Å²) >= 11 is 1.40. The Kier molecular flexibility index (Phi) is 4.05. The molecule has 2 nitrogen and oxygen atoms in total. The molecule has 0 radical (unpaired) electrons. The third-order valence-electron chi connectivity index (χ3n) is 1.77. The number of hydrogen-bond acceptors (Lipinski definition) is 2. The maximum atomic E-state index is 12.4. The highest BCUT2D eigenvalue weighted by molar-refractivity contribution is 14.1. The summed E-state index contributed by atoms with van der Waals surface area (Å²) < 4.78 is 61.7. The first-order chi connectivity index (χ1) is 7.27. The van der Waals surface area contributed by atoms with Crippen LogP contribution in [0.3, 0.4) is 0 Å². The third-order valence-corrected chi connectivity index (χ3v) is 2.64. The topological polar surface area (TPSA) is 33.1 Å². The zero-order valence-electron chi connectivity index (χ0n) is 7.52. The van der Waals surface area contributed by atoms with E-state index in [9.17, 15) is 22.0 Å². The first kappa shape index (κ1) is 13.6. The molecule has 0 aromatic carbocycles. The van der Waals surface area contributed by atoms with Crippen LogP contribution in [-0.2, 0) is 12.8 Å². The lowest BCUT2D eigenvalue weighted by atomic mass is 10.1. The van der Waals surface area contributed by atoms with E-state index in [2.05, 4.69) is 4.98 Å². The first-order valence-corrected chi connectivity index (χ1v) is 5.00. The van der Waals surface area contributed by atoms with Gasteiger partial charge in [-0.1, -0.05) is 0 Å². The molecule has 16 heavy (non-hydrogen) atoms. The van der Waals surface area contributed by atoms with E-state index in [1.54, 1.807) is 0 Å². The molecule has 0 aliphatic rings. The fraction of sp³-hybridized carbons (Fsp3) is 0.375. The number of nitrogens with zero attached hydrogens (tertiary/aromatic N) is 1. The average molecular weight is 353 g/mol. The summed E-state index contributed by atoms with van der Waals surface area (Å²) in [5, 5.41) is 8.68. The quantitative estimate of drug-likeness (QED) is 0.504. The number of halogens is 6. The summed E-state index contributed by atoms with van der Waals surface area (Å²) in [5.41, 5.74) is -2.77. The highest BCUT2D eigenvalue weighted by Gasteiger charge is 2.35. The summed E-state index contributed by atoms with van der Waals surface area (Å²) in [4.78, 5) is 3.32. The zero-order valence-corrected chi connectivity index (χ0v) is 9.68. The molecule has 0 aliphatic carbocycles. The van der Waals surface area contributed by atoms with Crippen molar-refractivity contribution in [3.63, 3.8) is 0 Å². The van der Waals surface area contributed by atoms with E-state index in [4.69, 9.17) is 5.11 Å². The van der Waals surface area contributed by atoms with E-state index in [1.165, 1.54) is 22.6 Å². The second kappa shape index (κ2) is 4.78. The van der Waals surface area contributed by atoms with Crippen molar-refractivity contribution in [2.45, 2.75) is 19.2 Å². The lowest BCUT2D eigenvalue weighted by molar-refractivity contribution is -0.139. The van der Waals surface area contributed by atoms with Crippen LogP contribution >= 0.6 is 22.6 Å². The normalized spacial score (nSPS) is 12.2. The van der Waals surface area contributed by atoms with Gasteiger partial charge in [0.15, 0.2) is 0 Å². The van der Waals surface area contributed by atoms with Crippen LogP contribution in [0.4, 0.5) is 22.0 Å². The summed E-state index contributed by atoms with van der Waals surface area (Å²) in [5.74, 6) is 0. The largest absolute Gasteiger partial charge is 0.418 e. The third kappa shape index (κ3) is 2.78. The SMILES string of the molecule is OCc1nc(I)c(C(F)F)cc1C(F)(F)F. The van der Waals surface area contributed by atoms with Crippen LogP contribution in [0.15, 0.2) is 6.07 Å². The predicted molar refractivity (Wildman–Crippen MR) is 52.8 cm³/mol. The fourth-order valence-corrected chi connectivity index (χ4v) is 1.74. The average Bonchev–Trinajstić information content (AvgIpc) is 2.14. The van der Waals surface area contributed by atoms with Gasteiger partial charge in [-0.2, -0.15) is 13.2 Å². The Morgan fingerprint density at radius 3 is 2.31 bits per heavy atom. The molecule has 0 unspecified atom stereocenters. The first-order valence-electron chi connectivity index (χ1n) is 3.93. The van der Waals surface area contributed by atoms with Crippen molar-refractivity contribution in [2.75, 3.05) is 0 Å². The number of hydrogen-bond donors (Lipinski definition) is 1. The van der Waals surface area contributed by atoms with Gasteiger partial charge in [-0.25, -0.2) is 13.8 Å². The second-order valence-corrected chi connectivity index (χ2v) is 3.84. The summed E-state index contributed by atoms with van der Waals surface area (Å²) in [7, 11) is 0. The van der Waals surface area contributed by atoms with Gasteiger partial charge in [-0.15, -0.1) is 0 Å². The van der Waals surface area contributed by atoms with Gasteiger partial charge >= 0.3 is 6.18 Å². The van der Waals surface area contributed by atoms with Crippen molar-refractivity contribution in [2.24, 2.45) is 0 Å². The van der Waals surface area contributed by atoms with Crippen molar-refractivity contribution in [3.8, 4) is 0 Å². The molecular weight excluding hydrogens is 348 g/mol. The predicted octanol–water partition coefficient (Wildman–Crippen LogP) is 3.13. The van der Waals surface area contributed by atoms with Crippen molar-refractivity contribution in [3.05, 3.63) is 26.6 Å². The Bertz CT molecular complexity index is 393. The van der Waals surface area contributed by atoms with Gasteiger partial charge in [0.1, 0.15) is 3.70 Å². The standard InChI is InChI=1S/C8H5F5INO/c9-6(10)3-1-4(8(11,12)13)5(2-16)15-7(3)14/h1,6,16H,2H2. The van der Waals surface area contributed by atoms with Crippen LogP contribution in [0, 0.1) is 3.70 Å². The van der Waals surface area contributed by atoms with E-state index in [1.807, 2.05) is 0 Å². The molecule has 0 fully saturated rings. The minimum Gasteiger partial charge on any atom is -0.390 e. The summed E-state index contributed by atoms with van der Waals surface area (Å²) in [6, 6.07) is 0.324. The molecule has 1 heterocycles. The molecule has 0 amide bonds. The van der Waals surface area contributed by atoms with Gasteiger partial charge < -0.3 is 5.11 Å². The molecule has 0 saturated heterocycles. The minimum atomic E-state index is -4.81. The van der Waals surface area contributed by atoms with E-state index < -0.39 is 36.0 Å². The van der Waals surface area contributed by atoms with E-state index >= 15 is 0 Å². The van der Waals surface area contributed by atoms with Crippen LogP contribution in [-0.4, -0.2) is 10.1 Å². The Morgan fingerprint density at radius 1 is 1.38 bits per heavy atom. The number of alkyl halides is 5. The monoisotopic (exact) mass is 353 g/mol. The highest BCUT2D eigenvalue weighted by Crippen LogP contribution is 2.35. The lowest BCUT2D eigenvalue weighted by Gasteiger charge is -2.13. The molecule has 90 valence electrons. The van der Waals surface area contributed by atoms with Crippen molar-refractivity contribution in [1.82, 2.24) is 4.98 Å². The van der Waals surface area contributed by atoms with Gasteiger partial charge in [0.2, 0.25) is 0 Å². The van der Waals surface area contributed by atoms with E-state index in [0.717, 1.165) is 0 Å². The Labute approximate surface area is 101 Å². The number of aromatic nitrogens is 1. The van der Waals surface area contributed by atoms with Crippen molar-refractivity contribution in [1.29, 1.82) is 0 Å². The van der Waals surface area contributed by atoms with Crippen molar-refractivity contribution >= 4 is 22.6 Å². The van der Waals surface area contributed by atoms with Crippen molar-refractivity contribution < 1.29 is 27.1 Å². The lowest BCUT2D eigenvalue weighted by Crippen LogP contribution is -2.13. The molecule has 8 heteroatoms. The molecule has 1 aromatic heterocycles. The Balaban J connectivity index is 3.41. The molecule has 0 atom stereocenters. The van der Waals surface area contributed by atoms with Crippen LogP contribution in [0.2, 0.25) is 0 Å². The van der Waals surface area contributed by atoms with Crippen LogP contribution in [0.25, 0.3) is 0 Å². The van der Waals surface area contributed by atoms with E-state index in [-0.39, 0.29) is 3.70 Å². The zero-order chi connectivity index (χ0) is 12.5. The van der Waals surface area contributed by atoms with Gasteiger partial charge in [0.05, 0.1) is 23.4 Å². The summed E-state index contributed by atoms with van der Waals surface area (Å²) in [6.45, 7) is -0.950. The molecule has 0 saturated carbocycles. The summed E-state index contributed by atoms with van der Waals surface area (Å²) in [6.07, 6.45) is -7.84. The molecule has 0 aliphatic heterocycles. The highest BCUT2D eigenvalue weighted by atomic mass is 127. The number of aliphatic hydroxyl groups is 1. The van der Waals surface area contributed by atoms with Crippen LogP contribution in [0.5, 0.6) is 0 Å². The van der Waals surface area contributed by atoms with Gasteiger partial charge in [0, 0.05) is 0 Å². The number of aliphatic hydroxyl groups excluding tert-OH is 1. The molecular formula is C8H5F5INO. The second-order valence-electron chi connectivity index (χ2n) is 2.82. The molecule has 0 bridgehead atoms. The number of rotatable bonds is 2.